The van der Waals surface area contributed by atoms with Gasteiger partial charge in [0.2, 0.25) is 0 Å². The quantitative estimate of drug-likeness (QED) is 0.689. The molecule has 0 aliphatic carbocycles. The van der Waals surface area contributed by atoms with Crippen LogP contribution in [0, 0.1) is 0 Å². The number of hydrogen-bond donors (Lipinski definition) is 1. The molecule has 0 heterocycles. The van der Waals surface area contributed by atoms with Crippen LogP contribution in [-0.4, -0.2) is 12.2 Å². The van der Waals surface area contributed by atoms with Crippen LogP contribution in [0.5, 0.6) is 5.75 Å². The van der Waals surface area contributed by atoms with Crippen LogP contribution in [0.2, 0.25) is 0 Å². The van der Waals surface area contributed by atoms with Crippen molar-refractivity contribution in [2.24, 2.45) is 0 Å². The van der Waals surface area contributed by atoms with Crippen LogP contribution in [-0.2, 0) is 0 Å². The summed E-state index contributed by atoms with van der Waals surface area (Å²) in [6.07, 6.45) is 6.64. The Kier molecular flexibility index (Phi) is 6.71. The first-order chi connectivity index (χ1) is 8.27. The van der Waals surface area contributed by atoms with Gasteiger partial charge in [-0.2, -0.15) is 0 Å². The van der Waals surface area contributed by atoms with Crippen LogP contribution >= 0.6 is 0 Å². The highest BCUT2D eigenvalue weighted by Crippen LogP contribution is 2.23. The predicted octanol–water partition coefficient (Wildman–Crippen LogP) is 4.09. The summed E-state index contributed by atoms with van der Waals surface area (Å²) in [5.74, 6) is 0.813. The Labute approximate surface area is 105 Å². The molecule has 0 aromatic heterocycles. The van der Waals surface area contributed by atoms with Crippen molar-refractivity contribution in [3.05, 3.63) is 29.8 Å². The van der Waals surface area contributed by atoms with Crippen molar-refractivity contribution in [2.75, 3.05) is 7.11 Å². The zero-order valence-electron chi connectivity index (χ0n) is 11.0. The second-order valence-electron chi connectivity index (χ2n) is 4.50. The summed E-state index contributed by atoms with van der Waals surface area (Å²) in [6.45, 7) is 2.21. The van der Waals surface area contributed by atoms with E-state index in [9.17, 15) is 5.11 Å². The lowest BCUT2D eigenvalue weighted by Gasteiger charge is -2.11. The van der Waals surface area contributed by atoms with Crippen molar-refractivity contribution in [1.29, 1.82) is 0 Å². The minimum absolute atomic E-state index is 0.355. The summed E-state index contributed by atoms with van der Waals surface area (Å²) in [4.78, 5) is 0. The monoisotopic (exact) mass is 236 g/mol. The molecule has 0 amide bonds. The average molecular weight is 236 g/mol. The van der Waals surface area contributed by atoms with Crippen molar-refractivity contribution in [3.63, 3.8) is 0 Å². The third-order valence-corrected chi connectivity index (χ3v) is 3.06. The lowest BCUT2D eigenvalue weighted by Crippen LogP contribution is -1.98. The maximum Gasteiger partial charge on any atom is 0.119 e. The first-order valence-electron chi connectivity index (χ1n) is 6.60. The van der Waals surface area contributed by atoms with Gasteiger partial charge in [-0.3, -0.25) is 0 Å². The fourth-order valence-corrected chi connectivity index (χ4v) is 1.96. The van der Waals surface area contributed by atoms with E-state index >= 15 is 0 Å². The van der Waals surface area contributed by atoms with E-state index in [1.807, 2.05) is 24.3 Å². The van der Waals surface area contributed by atoms with Gasteiger partial charge in [-0.05, 0) is 24.1 Å². The summed E-state index contributed by atoms with van der Waals surface area (Å²) >= 11 is 0. The number of hydrogen-bond acceptors (Lipinski definition) is 2. The lowest BCUT2D eigenvalue weighted by atomic mass is 10.0. The van der Waals surface area contributed by atoms with Gasteiger partial charge in [-0.25, -0.2) is 0 Å². The summed E-state index contributed by atoms with van der Waals surface area (Å²) in [5.41, 5.74) is 0.958. The summed E-state index contributed by atoms with van der Waals surface area (Å²) in [5, 5.41) is 10.0. The number of rotatable bonds is 8. The van der Waals surface area contributed by atoms with Gasteiger partial charge in [0.15, 0.2) is 0 Å². The molecule has 2 nitrogen and oxygen atoms in total. The van der Waals surface area contributed by atoms with E-state index in [1.54, 1.807) is 7.11 Å². The van der Waals surface area contributed by atoms with Crippen molar-refractivity contribution < 1.29 is 9.84 Å². The van der Waals surface area contributed by atoms with Gasteiger partial charge in [-0.1, -0.05) is 51.2 Å². The van der Waals surface area contributed by atoms with Crippen molar-refractivity contribution in [1.82, 2.24) is 0 Å². The summed E-state index contributed by atoms with van der Waals surface area (Å²) in [7, 11) is 1.65. The first kappa shape index (κ1) is 14.0. The molecule has 1 atom stereocenters. The van der Waals surface area contributed by atoms with E-state index in [0.29, 0.717) is 0 Å². The van der Waals surface area contributed by atoms with Gasteiger partial charge in [0.25, 0.3) is 0 Å². The summed E-state index contributed by atoms with van der Waals surface area (Å²) < 4.78 is 5.15. The number of aliphatic hydroxyl groups excluding tert-OH is 1. The largest absolute Gasteiger partial charge is 0.497 e. The van der Waals surface area contributed by atoms with E-state index in [4.69, 9.17) is 4.74 Å². The molecule has 1 N–H and O–H groups in total. The highest BCUT2D eigenvalue weighted by molar-refractivity contribution is 5.29. The van der Waals surface area contributed by atoms with Crippen LogP contribution in [0.15, 0.2) is 24.3 Å². The molecule has 1 rings (SSSR count). The van der Waals surface area contributed by atoms with E-state index in [-0.39, 0.29) is 6.10 Å². The number of unbranched alkanes of at least 4 members (excludes halogenated alkanes) is 4. The maximum atomic E-state index is 10.0. The van der Waals surface area contributed by atoms with Gasteiger partial charge in [0.1, 0.15) is 5.75 Å². The molecule has 0 saturated carbocycles. The van der Waals surface area contributed by atoms with Gasteiger partial charge in [0, 0.05) is 0 Å². The van der Waals surface area contributed by atoms with E-state index in [2.05, 4.69) is 6.92 Å². The third-order valence-electron chi connectivity index (χ3n) is 3.06. The van der Waals surface area contributed by atoms with Gasteiger partial charge < -0.3 is 9.84 Å². The van der Waals surface area contributed by atoms with E-state index in [1.165, 1.54) is 25.7 Å². The molecule has 0 spiro atoms. The molecular formula is C15H24O2. The Morgan fingerprint density at radius 3 is 2.65 bits per heavy atom. The topological polar surface area (TPSA) is 29.5 Å². The molecule has 0 aliphatic rings. The predicted molar refractivity (Wildman–Crippen MR) is 71.3 cm³/mol. The fraction of sp³-hybridized carbons (Fsp3) is 0.600. The molecule has 0 fully saturated rings. The molecule has 1 aromatic carbocycles. The van der Waals surface area contributed by atoms with Gasteiger partial charge in [-0.15, -0.1) is 0 Å². The maximum absolute atomic E-state index is 10.0. The van der Waals surface area contributed by atoms with Crippen molar-refractivity contribution in [3.8, 4) is 5.75 Å². The van der Waals surface area contributed by atoms with Gasteiger partial charge >= 0.3 is 0 Å². The van der Waals surface area contributed by atoms with Crippen LogP contribution in [0.4, 0.5) is 0 Å². The molecule has 1 aromatic rings. The summed E-state index contributed by atoms with van der Waals surface area (Å²) in [6, 6.07) is 7.70. The van der Waals surface area contributed by atoms with Crippen molar-refractivity contribution >= 4 is 0 Å². The second kappa shape index (κ2) is 8.13. The Morgan fingerprint density at radius 2 is 1.94 bits per heavy atom. The molecular weight excluding hydrogens is 212 g/mol. The zero-order chi connectivity index (χ0) is 12.5. The number of aliphatic hydroxyl groups is 1. The third kappa shape index (κ3) is 5.22. The zero-order valence-corrected chi connectivity index (χ0v) is 11.0. The minimum Gasteiger partial charge on any atom is -0.497 e. The lowest BCUT2D eigenvalue weighted by molar-refractivity contribution is 0.163. The normalized spacial score (nSPS) is 12.4. The molecule has 0 aliphatic heterocycles. The highest BCUT2D eigenvalue weighted by Gasteiger charge is 2.07. The number of benzene rings is 1. The Bertz CT molecular complexity index is 310. The Morgan fingerprint density at radius 1 is 1.18 bits per heavy atom. The molecule has 0 radical (unpaired) electrons. The number of ether oxygens (including phenoxy) is 1. The minimum atomic E-state index is -0.355. The fourth-order valence-electron chi connectivity index (χ4n) is 1.96. The Balaban J connectivity index is 2.33. The van der Waals surface area contributed by atoms with Crippen molar-refractivity contribution in [2.45, 2.75) is 51.6 Å². The number of methoxy groups -OCH3 is 1. The second-order valence-corrected chi connectivity index (χ2v) is 4.50. The molecule has 96 valence electrons. The van der Waals surface area contributed by atoms with Crippen LogP contribution in [0.25, 0.3) is 0 Å². The standard InChI is InChI=1S/C15H24O2/c1-3-4-5-6-7-11-15(16)13-9-8-10-14(12-13)17-2/h8-10,12,15-16H,3-7,11H2,1-2H3. The van der Waals surface area contributed by atoms with E-state index in [0.717, 1.165) is 24.2 Å². The van der Waals surface area contributed by atoms with Gasteiger partial charge in [0.05, 0.1) is 13.2 Å². The highest BCUT2D eigenvalue weighted by atomic mass is 16.5. The molecule has 1 unspecified atom stereocenters. The van der Waals surface area contributed by atoms with Crippen LogP contribution < -0.4 is 4.74 Å². The molecule has 2 heteroatoms. The van der Waals surface area contributed by atoms with E-state index < -0.39 is 0 Å². The van der Waals surface area contributed by atoms with Crippen LogP contribution in [0.1, 0.15) is 57.1 Å². The Hall–Kier alpha value is -1.02. The SMILES string of the molecule is CCCCCCCC(O)c1cccc(OC)c1. The molecule has 0 saturated heterocycles. The average Bonchev–Trinajstić information content (AvgIpc) is 2.38. The molecule has 17 heavy (non-hydrogen) atoms. The molecule has 0 bridgehead atoms. The van der Waals surface area contributed by atoms with Crippen LogP contribution in [0.3, 0.4) is 0 Å². The smallest absolute Gasteiger partial charge is 0.119 e. The first-order valence-corrected chi connectivity index (χ1v) is 6.60.